The molecule has 0 atom stereocenters. The normalized spacial score (nSPS) is 12.7. The number of carbonyl (C=O) groups excluding carboxylic acids is 1. The first-order valence-electron chi connectivity index (χ1n) is 7.25. The molecule has 116 valence electrons. The van der Waals surface area contributed by atoms with E-state index in [1.165, 1.54) is 11.3 Å². The van der Waals surface area contributed by atoms with Gasteiger partial charge in [0.1, 0.15) is 5.01 Å². The molecule has 0 saturated carbocycles. The Morgan fingerprint density at radius 2 is 2.05 bits per heavy atom. The van der Waals surface area contributed by atoms with Gasteiger partial charge in [-0.05, 0) is 31.0 Å². The summed E-state index contributed by atoms with van der Waals surface area (Å²) in [4.78, 5) is 12.1. The predicted octanol–water partition coefficient (Wildman–Crippen LogP) is 3.31. The molecule has 2 heterocycles. The Morgan fingerprint density at radius 1 is 1.27 bits per heavy atom. The molecule has 6 nitrogen and oxygen atoms in total. The van der Waals surface area contributed by atoms with Gasteiger partial charge in [0.15, 0.2) is 11.5 Å². The zero-order chi connectivity index (χ0) is 15.5. The molecule has 0 aliphatic carbocycles. The Labute approximate surface area is 132 Å². The van der Waals surface area contributed by atoms with Crippen molar-refractivity contribution in [3.8, 4) is 22.1 Å². The number of ether oxygens (including phenoxy) is 2. The number of nitrogens with one attached hydrogen (secondary N) is 1. The van der Waals surface area contributed by atoms with E-state index in [-0.39, 0.29) is 18.6 Å². The lowest BCUT2D eigenvalue weighted by Crippen LogP contribution is -2.21. The maximum Gasteiger partial charge on any atom is 0.231 e. The molecule has 0 fully saturated rings. The van der Waals surface area contributed by atoms with E-state index in [9.17, 15) is 4.79 Å². The first kappa shape index (κ1) is 14.8. The first-order chi connectivity index (χ1) is 10.7. The van der Waals surface area contributed by atoms with Crippen molar-refractivity contribution in [1.82, 2.24) is 10.2 Å². The third-order valence-corrected chi connectivity index (χ3v) is 4.52. The summed E-state index contributed by atoms with van der Waals surface area (Å²) in [7, 11) is 0. The number of fused-ring (bicyclic) bond motifs is 1. The smallest absolute Gasteiger partial charge is 0.231 e. The number of carbonyl (C=O) groups is 1. The Kier molecular flexibility index (Phi) is 4.24. The first-order valence-corrected chi connectivity index (χ1v) is 8.07. The van der Waals surface area contributed by atoms with Gasteiger partial charge in [0.05, 0.1) is 0 Å². The van der Waals surface area contributed by atoms with Gasteiger partial charge in [0, 0.05) is 11.5 Å². The lowest BCUT2D eigenvalue weighted by molar-refractivity contribution is -0.120. The molecule has 1 amide bonds. The summed E-state index contributed by atoms with van der Waals surface area (Å²) in [5.74, 6) is 1.45. The van der Waals surface area contributed by atoms with E-state index in [0.29, 0.717) is 10.9 Å². The zero-order valence-corrected chi connectivity index (χ0v) is 13.3. The van der Waals surface area contributed by atoms with Gasteiger partial charge >= 0.3 is 0 Å². The van der Waals surface area contributed by atoms with Crippen LogP contribution in [0, 0.1) is 5.92 Å². The van der Waals surface area contributed by atoms with Crippen LogP contribution in [-0.2, 0) is 4.79 Å². The summed E-state index contributed by atoms with van der Waals surface area (Å²) in [6.07, 6.45) is 1.63. The van der Waals surface area contributed by atoms with Crippen LogP contribution in [0.25, 0.3) is 10.6 Å². The molecule has 1 aliphatic rings. The molecule has 22 heavy (non-hydrogen) atoms. The van der Waals surface area contributed by atoms with Crippen LogP contribution in [0.15, 0.2) is 18.2 Å². The fraction of sp³-hybridized carbons (Fsp3) is 0.400. The molecular formula is C15H17N3O3S. The largest absolute Gasteiger partial charge is 0.454 e. The lowest BCUT2D eigenvalue weighted by Gasteiger charge is -2.09. The molecular weight excluding hydrogens is 302 g/mol. The second-order valence-electron chi connectivity index (χ2n) is 4.98. The quantitative estimate of drug-likeness (QED) is 0.915. The molecule has 7 heteroatoms. The van der Waals surface area contributed by atoms with Crippen molar-refractivity contribution >= 4 is 22.4 Å². The average molecular weight is 319 g/mol. The summed E-state index contributed by atoms with van der Waals surface area (Å²) < 4.78 is 10.6. The van der Waals surface area contributed by atoms with E-state index in [1.54, 1.807) is 0 Å². The molecule has 0 radical (unpaired) electrons. The second-order valence-corrected chi connectivity index (χ2v) is 5.96. The maximum atomic E-state index is 12.1. The van der Waals surface area contributed by atoms with Crippen LogP contribution in [0.3, 0.4) is 0 Å². The van der Waals surface area contributed by atoms with Crippen LogP contribution in [-0.4, -0.2) is 22.9 Å². The van der Waals surface area contributed by atoms with Crippen LogP contribution in [0.5, 0.6) is 11.5 Å². The predicted molar refractivity (Wildman–Crippen MR) is 84.2 cm³/mol. The number of amides is 1. The van der Waals surface area contributed by atoms with Gasteiger partial charge in [0.25, 0.3) is 0 Å². The van der Waals surface area contributed by atoms with Crippen molar-refractivity contribution in [2.45, 2.75) is 26.7 Å². The summed E-state index contributed by atoms with van der Waals surface area (Å²) >= 11 is 1.35. The number of benzene rings is 1. The topological polar surface area (TPSA) is 73.3 Å². The van der Waals surface area contributed by atoms with Gasteiger partial charge in [-0.25, -0.2) is 0 Å². The van der Waals surface area contributed by atoms with Crippen molar-refractivity contribution in [2.24, 2.45) is 5.92 Å². The SMILES string of the molecule is CCC(CC)C(=O)Nc1nnc(-c2ccc3c(c2)OCO3)s1. The summed E-state index contributed by atoms with van der Waals surface area (Å²) in [6, 6.07) is 5.62. The minimum atomic E-state index is -0.00149. The minimum absolute atomic E-state index is 0.00149. The monoisotopic (exact) mass is 319 g/mol. The second kappa shape index (κ2) is 6.31. The van der Waals surface area contributed by atoms with E-state index >= 15 is 0 Å². The van der Waals surface area contributed by atoms with Gasteiger partial charge in [-0.15, -0.1) is 10.2 Å². The van der Waals surface area contributed by atoms with Crippen LogP contribution >= 0.6 is 11.3 Å². The fourth-order valence-electron chi connectivity index (χ4n) is 2.29. The Hall–Kier alpha value is -2.15. The van der Waals surface area contributed by atoms with Gasteiger partial charge < -0.3 is 14.8 Å². The highest BCUT2D eigenvalue weighted by Gasteiger charge is 2.18. The molecule has 1 aromatic carbocycles. The third-order valence-electron chi connectivity index (χ3n) is 3.63. The molecule has 1 N–H and O–H groups in total. The van der Waals surface area contributed by atoms with Gasteiger partial charge in [-0.2, -0.15) is 0 Å². The molecule has 3 rings (SSSR count). The standard InChI is InChI=1S/C15H17N3O3S/c1-3-9(4-2)13(19)16-15-18-17-14(22-15)10-5-6-11-12(7-10)21-8-20-11/h5-7,9H,3-4,8H2,1-2H3,(H,16,18,19). The number of hydrogen-bond donors (Lipinski definition) is 1. The molecule has 0 unspecified atom stereocenters. The molecule has 1 aliphatic heterocycles. The van der Waals surface area contributed by atoms with Gasteiger partial charge in [-0.3, -0.25) is 4.79 Å². The highest BCUT2D eigenvalue weighted by molar-refractivity contribution is 7.18. The van der Waals surface area contributed by atoms with Crippen molar-refractivity contribution < 1.29 is 14.3 Å². The number of aromatic nitrogens is 2. The molecule has 0 bridgehead atoms. The lowest BCUT2D eigenvalue weighted by atomic mass is 10.0. The van der Waals surface area contributed by atoms with Crippen molar-refractivity contribution in [2.75, 3.05) is 12.1 Å². The van der Waals surface area contributed by atoms with Crippen molar-refractivity contribution in [3.63, 3.8) is 0 Å². The Morgan fingerprint density at radius 3 is 2.82 bits per heavy atom. The fourth-order valence-corrected chi connectivity index (χ4v) is 3.03. The highest BCUT2D eigenvalue weighted by atomic mass is 32.1. The number of rotatable bonds is 5. The van der Waals surface area contributed by atoms with Gasteiger partial charge in [0.2, 0.25) is 17.8 Å². The summed E-state index contributed by atoms with van der Waals surface area (Å²) in [5, 5.41) is 12.3. The Balaban J connectivity index is 1.75. The number of anilines is 1. The molecule has 0 saturated heterocycles. The van der Waals surface area contributed by atoms with Crippen LogP contribution in [0.2, 0.25) is 0 Å². The van der Waals surface area contributed by atoms with E-state index in [0.717, 1.165) is 29.2 Å². The van der Waals surface area contributed by atoms with E-state index in [2.05, 4.69) is 15.5 Å². The summed E-state index contributed by atoms with van der Waals surface area (Å²) in [5.41, 5.74) is 0.893. The van der Waals surface area contributed by atoms with Crippen molar-refractivity contribution in [1.29, 1.82) is 0 Å². The van der Waals surface area contributed by atoms with Gasteiger partial charge in [-0.1, -0.05) is 25.2 Å². The minimum Gasteiger partial charge on any atom is -0.454 e. The maximum absolute atomic E-state index is 12.1. The van der Waals surface area contributed by atoms with Crippen LogP contribution in [0.1, 0.15) is 26.7 Å². The van der Waals surface area contributed by atoms with E-state index in [1.807, 2.05) is 32.0 Å². The van der Waals surface area contributed by atoms with Crippen molar-refractivity contribution in [3.05, 3.63) is 18.2 Å². The Bertz CT molecular complexity index is 682. The van der Waals surface area contributed by atoms with E-state index < -0.39 is 0 Å². The zero-order valence-electron chi connectivity index (χ0n) is 12.5. The number of hydrogen-bond acceptors (Lipinski definition) is 6. The third kappa shape index (κ3) is 2.89. The number of nitrogens with zero attached hydrogens (tertiary/aromatic N) is 2. The molecule has 2 aromatic rings. The van der Waals surface area contributed by atoms with E-state index in [4.69, 9.17) is 9.47 Å². The highest BCUT2D eigenvalue weighted by Crippen LogP contribution is 2.37. The molecule has 0 spiro atoms. The average Bonchev–Trinajstić information content (AvgIpc) is 3.16. The van der Waals surface area contributed by atoms with Crippen LogP contribution < -0.4 is 14.8 Å². The van der Waals surface area contributed by atoms with Crippen LogP contribution in [0.4, 0.5) is 5.13 Å². The summed E-state index contributed by atoms with van der Waals surface area (Å²) in [6.45, 7) is 4.25. The molecule has 1 aromatic heterocycles.